The van der Waals surface area contributed by atoms with Crippen molar-refractivity contribution in [1.29, 1.82) is 0 Å². The average Bonchev–Trinajstić information content (AvgIpc) is 1.54. The van der Waals surface area contributed by atoms with Crippen LogP contribution in [0.4, 0.5) is 42.9 Å². The third-order valence-electron chi connectivity index (χ3n) is 18.6. The summed E-state index contributed by atoms with van der Waals surface area (Å²) in [7, 11) is 0. The Kier molecular flexibility index (Phi) is 10.4. The fourth-order valence-corrected chi connectivity index (χ4v) is 18.8. The predicted molar refractivity (Wildman–Crippen MR) is 359 cm³/mol. The summed E-state index contributed by atoms with van der Waals surface area (Å²) >= 11 is 5.48. The highest BCUT2D eigenvalue weighted by molar-refractivity contribution is 7.27. The molecule has 0 atom stereocenters. The molecule has 0 amide bonds. The van der Waals surface area contributed by atoms with Crippen molar-refractivity contribution < 1.29 is 8.78 Å². The van der Waals surface area contributed by atoms with E-state index in [9.17, 15) is 0 Å². The van der Waals surface area contributed by atoms with E-state index in [1.807, 2.05) is 46.9 Å². The van der Waals surface area contributed by atoms with Crippen LogP contribution < -0.4 is 9.80 Å². The zero-order valence-corrected chi connectivity index (χ0v) is 48.6. The topological polar surface area (TPSA) is 6.48 Å². The molecule has 0 N–H and O–H groups in total. The van der Waals surface area contributed by atoms with E-state index in [2.05, 4.69) is 230 Å². The van der Waals surface area contributed by atoms with Crippen molar-refractivity contribution in [2.24, 2.45) is 0 Å². The van der Waals surface area contributed by atoms with Gasteiger partial charge in [-0.1, -0.05) is 172 Å². The summed E-state index contributed by atoms with van der Waals surface area (Å²) in [6.07, 6.45) is 0. The van der Waals surface area contributed by atoms with Crippen LogP contribution in [0.15, 0.2) is 255 Å². The van der Waals surface area contributed by atoms with Gasteiger partial charge in [-0.05, 0) is 158 Å². The molecule has 16 aromatic rings. The highest BCUT2D eigenvalue weighted by Crippen LogP contribution is 2.68. The highest BCUT2D eigenvalue weighted by Gasteiger charge is 2.55. The molecule has 13 aromatic carbocycles. The first-order valence-electron chi connectivity index (χ1n) is 28.9. The number of nitrogens with zero attached hydrogens (tertiary/aromatic N) is 2. The van der Waals surface area contributed by atoms with Crippen LogP contribution in [-0.4, -0.2) is 0 Å². The van der Waals surface area contributed by atoms with Crippen LogP contribution in [0.25, 0.3) is 93.2 Å². The van der Waals surface area contributed by atoms with E-state index in [4.69, 9.17) is 0 Å². The molecule has 0 radical (unpaired) electrons. The minimum absolute atomic E-state index is 0.279. The second-order valence-electron chi connectivity index (χ2n) is 23.2. The van der Waals surface area contributed by atoms with Gasteiger partial charge in [0, 0.05) is 79.2 Å². The second-order valence-corrected chi connectivity index (χ2v) is 26.4. The Morgan fingerprint density at radius 2 is 0.753 bits per heavy atom. The molecule has 0 saturated carbocycles. The molecular weight excluding hydrogens is 1100 g/mol. The van der Waals surface area contributed by atoms with Crippen molar-refractivity contribution >= 4 is 150 Å². The van der Waals surface area contributed by atoms with Crippen molar-refractivity contribution in [1.82, 2.24) is 0 Å². The summed E-state index contributed by atoms with van der Waals surface area (Å²) in [6, 6.07) is 90.7. The van der Waals surface area contributed by atoms with Gasteiger partial charge in [-0.3, -0.25) is 0 Å². The summed E-state index contributed by atoms with van der Waals surface area (Å²) in [5.41, 5.74) is 14.7. The van der Waals surface area contributed by atoms with Gasteiger partial charge in [0.1, 0.15) is 11.6 Å². The largest absolute Gasteiger partial charge is 0.309 e. The lowest BCUT2D eigenvalue weighted by atomic mass is 9.55. The molecule has 1 spiro atoms. The number of hydrogen-bond donors (Lipinski definition) is 0. The zero-order chi connectivity index (χ0) is 56.4. The number of halogens is 2. The molecule has 7 heteroatoms. The molecule has 0 bridgehead atoms. The van der Waals surface area contributed by atoms with E-state index >= 15 is 8.78 Å². The Morgan fingerprint density at radius 3 is 1.34 bits per heavy atom. The minimum atomic E-state index is -0.853. The first kappa shape index (κ1) is 49.0. The van der Waals surface area contributed by atoms with Crippen molar-refractivity contribution in [2.45, 2.75) is 24.7 Å². The van der Waals surface area contributed by atoms with Gasteiger partial charge in [0.15, 0.2) is 0 Å². The van der Waals surface area contributed by atoms with Gasteiger partial charge in [0.25, 0.3) is 0 Å². The molecule has 2 aliphatic carbocycles. The van der Waals surface area contributed by atoms with Crippen molar-refractivity contribution in [3.8, 4) is 11.1 Å². The average molecular weight is 1150 g/mol. The molecule has 3 aromatic heterocycles. The fraction of sp³-hybridized carbons (Fsp3) is 0.0513. The van der Waals surface area contributed by atoms with Crippen molar-refractivity contribution in [3.05, 3.63) is 300 Å². The van der Waals surface area contributed by atoms with E-state index in [-0.39, 0.29) is 17.0 Å². The highest BCUT2D eigenvalue weighted by atomic mass is 32.1. The quantitative estimate of drug-likeness (QED) is 0.153. The molecule has 0 aliphatic heterocycles. The number of benzene rings is 13. The molecule has 2 aliphatic rings. The van der Waals surface area contributed by atoms with Gasteiger partial charge in [-0.25, -0.2) is 8.78 Å². The predicted octanol–water partition coefficient (Wildman–Crippen LogP) is 23.3. The molecule has 2 nitrogen and oxygen atoms in total. The molecule has 3 heterocycles. The molecule has 0 unspecified atom stereocenters. The van der Waals surface area contributed by atoms with Crippen LogP contribution in [-0.2, 0) is 10.8 Å². The van der Waals surface area contributed by atoms with Crippen LogP contribution in [0, 0.1) is 11.6 Å². The number of fused-ring (bicyclic) bond motifs is 24. The van der Waals surface area contributed by atoms with Crippen LogP contribution in [0.5, 0.6) is 0 Å². The number of thiophene rings is 3. The lowest BCUT2D eigenvalue weighted by Crippen LogP contribution is -2.40. The van der Waals surface area contributed by atoms with Crippen LogP contribution in [0.3, 0.4) is 0 Å². The van der Waals surface area contributed by atoms with Crippen molar-refractivity contribution in [2.75, 3.05) is 9.80 Å². The summed E-state index contributed by atoms with van der Waals surface area (Å²) < 4.78 is 37.7. The third-order valence-corrected chi connectivity index (χ3v) is 22.2. The fourth-order valence-electron chi connectivity index (χ4n) is 15.1. The molecule has 0 saturated heterocycles. The van der Waals surface area contributed by atoms with Crippen LogP contribution >= 0.6 is 34.0 Å². The normalized spacial score (nSPS) is 13.8. The van der Waals surface area contributed by atoms with E-state index in [0.29, 0.717) is 0 Å². The van der Waals surface area contributed by atoms with Gasteiger partial charge in [0.2, 0.25) is 0 Å². The first-order valence-corrected chi connectivity index (χ1v) is 31.3. The summed E-state index contributed by atoms with van der Waals surface area (Å²) in [5, 5.41) is 11.8. The maximum absolute atomic E-state index is 15.5. The molecule has 0 fully saturated rings. The SMILES string of the molecule is CC1(C)c2ccccc2C2(c3ccccc31)c1cc(N(c3ccc(F)cc3)c3cccc4c3sc3ccccc34)c3c(sc4ccccc43)c1-c1c2c2ccc(N(c3ccc(F)cc3)c3cccc4c3sc3ccccc34)cc2c2ccccc12. The molecule has 402 valence electrons. The first-order chi connectivity index (χ1) is 41.8. The lowest BCUT2D eigenvalue weighted by molar-refractivity contribution is 0.565. The third kappa shape index (κ3) is 6.71. The van der Waals surface area contributed by atoms with Gasteiger partial charge in [0.05, 0.1) is 31.9 Å². The summed E-state index contributed by atoms with van der Waals surface area (Å²) in [5.74, 6) is -0.560. The van der Waals surface area contributed by atoms with Gasteiger partial charge < -0.3 is 9.80 Å². The van der Waals surface area contributed by atoms with Crippen LogP contribution in [0.2, 0.25) is 0 Å². The van der Waals surface area contributed by atoms with Gasteiger partial charge >= 0.3 is 0 Å². The minimum Gasteiger partial charge on any atom is -0.309 e. The summed E-state index contributed by atoms with van der Waals surface area (Å²) in [4.78, 5) is 4.76. The summed E-state index contributed by atoms with van der Waals surface area (Å²) in [6.45, 7) is 4.78. The van der Waals surface area contributed by atoms with Gasteiger partial charge in [-0.15, -0.1) is 34.0 Å². The van der Waals surface area contributed by atoms with E-state index in [0.717, 1.165) is 50.3 Å². The Morgan fingerprint density at radius 1 is 0.306 bits per heavy atom. The Hall–Kier alpha value is -9.50. The number of rotatable bonds is 6. The monoisotopic (exact) mass is 1150 g/mol. The lowest BCUT2D eigenvalue weighted by Gasteiger charge is -2.47. The molecular formula is C78H48F2N2S3. The second kappa shape index (κ2) is 18.0. The smallest absolute Gasteiger partial charge is 0.123 e. The maximum atomic E-state index is 15.5. The van der Waals surface area contributed by atoms with Crippen LogP contribution in [0.1, 0.15) is 47.2 Å². The molecule has 18 rings (SSSR count). The standard InChI is InChI=1S/C78H48F2N2S3/c1-77(2)59-24-8-10-26-61(59)78(62-27-11-9-25-60(62)77)63-44-66(82(48-39-35-46(80)36-40-48)65-29-16-23-56-52-19-6-13-31-68(52)84-75(56)65)70-57-21-7-14-32-69(57)85-76(70)72(63)71-53-20-4-3-17-50(53)58-43-49(41-42-54(58)73(71)78)81(47-37-33-45(79)34-38-47)64-28-15-22-55-51-18-5-12-30-67(51)83-74(55)64/h3-44H,1-2H3. The maximum Gasteiger partial charge on any atom is 0.123 e. The van der Waals surface area contributed by atoms with E-state index in [1.54, 1.807) is 35.6 Å². The van der Waals surface area contributed by atoms with E-state index in [1.165, 1.54) is 110 Å². The Bertz CT molecular complexity index is 5470. The van der Waals surface area contributed by atoms with Crippen molar-refractivity contribution in [3.63, 3.8) is 0 Å². The molecule has 85 heavy (non-hydrogen) atoms. The Balaban J connectivity index is 1.01. The number of hydrogen-bond acceptors (Lipinski definition) is 5. The van der Waals surface area contributed by atoms with Gasteiger partial charge in [-0.2, -0.15) is 0 Å². The number of anilines is 6. The zero-order valence-electron chi connectivity index (χ0n) is 46.1. The van der Waals surface area contributed by atoms with E-state index < -0.39 is 5.41 Å². The Labute approximate surface area is 501 Å².